The molecule has 0 spiro atoms. The number of amides is 1. The molecule has 1 aliphatic carbocycles. The average molecular weight is 563 g/mol. The summed E-state index contributed by atoms with van der Waals surface area (Å²) in [5.41, 5.74) is 1.82. The summed E-state index contributed by atoms with van der Waals surface area (Å²) in [7, 11) is 0. The number of aryl methyl sites for hydroxylation is 2. The number of pyridine rings is 1. The van der Waals surface area contributed by atoms with Crippen molar-refractivity contribution in [3.63, 3.8) is 0 Å². The molecule has 2 heterocycles. The molecule has 1 saturated carbocycles. The molecule has 3 aromatic rings. The van der Waals surface area contributed by atoms with Crippen molar-refractivity contribution in [2.75, 3.05) is 0 Å². The van der Waals surface area contributed by atoms with E-state index in [9.17, 15) is 35.5 Å². The van der Waals surface area contributed by atoms with Gasteiger partial charge in [0.15, 0.2) is 6.17 Å². The first-order valence-electron chi connectivity index (χ1n) is 11.6. The molecule has 0 saturated heterocycles. The Morgan fingerprint density at radius 3 is 2.26 bits per heavy atom. The summed E-state index contributed by atoms with van der Waals surface area (Å²) in [5.74, 6) is -3.00. The summed E-state index contributed by atoms with van der Waals surface area (Å²) in [6, 6.07) is 3.85. The van der Waals surface area contributed by atoms with Crippen LogP contribution >= 0.6 is 11.6 Å². The van der Waals surface area contributed by atoms with E-state index in [1.54, 1.807) is 6.20 Å². The Balaban J connectivity index is 1.64. The molecule has 204 valence electrons. The molecule has 38 heavy (non-hydrogen) atoms. The van der Waals surface area contributed by atoms with Gasteiger partial charge >= 0.3 is 12.4 Å². The van der Waals surface area contributed by atoms with Gasteiger partial charge in [-0.1, -0.05) is 23.7 Å². The van der Waals surface area contributed by atoms with Gasteiger partial charge < -0.3 is 5.32 Å². The van der Waals surface area contributed by atoms with Gasteiger partial charge in [0.2, 0.25) is 0 Å². The van der Waals surface area contributed by atoms with Gasteiger partial charge in [-0.05, 0) is 55.0 Å². The summed E-state index contributed by atoms with van der Waals surface area (Å²) in [6.45, 7) is 3.02. The molecular weight excluding hydrogens is 541 g/mol. The number of carbonyl (C=O) groups is 1. The van der Waals surface area contributed by atoms with E-state index in [0.717, 1.165) is 25.0 Å². The van der Waals surface area contributed by atoms with Crippen LogP contribution < -0.4 is 5.32 Å². The topological polar surface area (TPSA) is 59.8 Å². The maximum absolute atomic E-state index is 13.6. The number of carbonyl (C=O) groups excluding carboxylic acids is 1. The van der Waals surface area contributed by atoms with Crippen molar-refractivity contribution < 1.29 is 35.5 Å². The molecule has 1 aliphatic rings. The van der Waals surface area contributed by atoms with Gasteiger partial charge in [0.05, 0.1) is 29.6 Å². The number of hydrogen-bond acceptors (Lipinski definition) is 3. The Morgan fingerprint density at radius 1 is 1.08 bits per heavy atom. The quantitative estimate of drug-likeness (QED) is 0.248. The Hall–Kier alpha value is -3.15. The Bertz CT molecular complexity index is 1330. The monoisotopic (exact) mass is 562 g/mol. The van der Waals surface area contributed by atoms with Crippen LogP contribution in [0.3, 0.4) is 0 Å². The minimum absolute atomic E-state index is 0.0156. The fraction of sp³-hybridized carbons (Fsp3) is 0.400. The molecule has 1 aromatic carbocycles. The zero-order valence-electron chi connectivity index (χ0n) is 20.1. The fourth-order valence-electron chi connectivity index (χ4n) is 4.26. The van der Waals surface area contributed by atoms with Gasteiger partial charge in [-0.3, -0.25) is 4.79 Å². The second kappa shape index (κ2) is 10.2. The minimum Gasteiger partial charge on any atom is -0.349 e. The molecule has 2 atom stereocenters. The number of alkyl halides is 7. The number of nitrogens with zero attached hydrogens (tertiary/aromatic N) is 3. The van der Waals surface area contributed by atoms with Crippen molar-refractivity contribution in [1.82, 2.24) is 20.1 Å². The highest BCUT2D eigenvalue weighted by atomic mass is 35.5. The van der Waals surface area contributed by atoms with Crippen LogP contribution in [0.5, 0.6) is 0 Å². The molecule has 1 amide bonds. The predicted octanol–water partition coefficient (Wildman–Crippen LogP) is 7.03. The van der Waals surface area contributed by atoms with E-state index in [0.29, 0.717) is 27.9 Å². The van der Waals surface area contributed by atoms with Crippen LogP contribution in [0.1, 0.15) is 52.2 Å². The first kappa shape index (κ1) is 27.9. The minimum atomic E-state index is -5.39. The molecular formula is C25H22ClF7N4O. The third kappa shape index (κ3) is 6.11. The molecule has 1 fully saturated rings. The van der Waals surface area contributed by atoms with E-state index >= 15 is 0 Å². The first-order chi connectivity index (χ1) is 17.6. The van der Waals surface area contributed by atoms with Crippen LogP contribution in [0, 0.1) is 13.8 Å². The van der Waals surface area contributed by atoms with Crippen LogP contribution in [0.15, 0.2) is 36.8 Å². The molecule has 2 unspecified atom stereocenters. The summed E-state index contributed by atoms with van der Waals surface area (Å²) < 4.78 is 93.9. The van der Waals surface area contributed by atoms with Gasteiger partial charge in [0, 0.05) is 24.2 Å². The zero-order valence-corrected chi connectivity index (χ0v) is 20.8. The van der Waals surface area contributed by atoms with Crippen molar-refractivity contribution >= 4 is 17.5 Å². The lowest BCUT2D eigenvalue weighted by molar-refractivity contribution is -0.200. The third-order valence-corrected chi connectivity index (χ3v) is 6.57. The largest absolute Gasteiger partial charge is 0.419 e. The van der Waals surface area contributed by atoms with Gasteiger partial charge in [-0.2, -0.15) is 31.4 Å². The lowest BCUT2D eigenvalue weighted by atomic mass is 9.87. The second-order valence-corrected chi connectivity index (χ2v) is 9.68. The molecule has 4 rings (SSSR count). The summed E-state index contributed by atoms with van der Waals surface area (Å²) in [6.07, 6.45) is -9.64. The molecule has 1 N–H and O–H groups in total. The normalized spacial score (nSPS) is 15.8. The summed E-state index contributed by atoms with van der Waals surface area (Å²) in [5, 5.41) is 7.10. The maximum atomic E-state index is 13.6. The van der Waals surface area contributed by atoms with E-state index in [2.05, 4.69) is 15.4 Å². The highest BCUT2D eigenvalue weighted by Gasteiger charge is 2.49. The van der Waals surface area contributed by atoms with Crippen LogP contribution in [0.4, 0.5) is 30.7 Å². The standard InChI is InChI=1S/C25H22ClF7N4O/c1-12-5-14(19(24(28,29)30)8-20(27)25(31,32)33)6-13(2)21(12)15-9-35-37(11-15)17-7-18(22(26)34-10-17)23(38)36-16-3-4-16/h5-7,9-11,16,19-20H,3-4,8H2,1-2H3,(H,36,38). The summed E-state index contributed by atoms with van der Waals surface area (Å²) in [4.78, 5) is 16.5. The highest BCUT2D eigenvalue weighted by molar-refractivity contribution is 6.32. The number of benzene rings is 1. The lowest BCUT2D eigenvalue weighted by Gasteiger charge is -2.25. The average Bonchev–Trinajstić information content (AvgIpc) is 3.48. The fourth-order valence-corrected chi connectivity index (χ4v) is 4.45. The van der Waals surface area contributed by atoms with E-state index in [4.69, 9.17) is 11.6 Å². The number of aromatic nitrogens is 3. The van der Waals surface area contributed by atoms with E-state index < -0.39 is 36.4 Å². The molecule has 2 aromatic heterocycles. The SMILES string of the molecule is Cc1cc(C(CC(F)C(F)(F)F)C(F)(F)F)cc(C)c1-c1cnn(-c2cnc(Cl)c(C(=O)NC3CC3)c2)c1. The van der Waals surface area contributed by atoms with Crippen LogP contribution in [0.2, 0.25) is 5.15 Å². The molecule has 0 aliphatic heterocycles. The van der Waals surface area contributed by atoms with Gasteiger partial charge in [0.25, 0.3) is 5.91 Å². The van der Waals surface area contributed by atoms with Crippen molar-refractivity contribution in [3.05, 3.63) is 64.2 Å². The number of halogens is 8. The van der Waals surface area contributed by atoms with Gasteiger partial charge in [0.1, 0.15) is 5.15 Å². The van der Waals surface area contributed by atoms with E-state index in [1.165, 1.54) is 37.0 Å². The van der Waals surface area contributed by atoms with E-state index in [-0.39, 0.29) is 22.7 Å². The molecule has 0 bridgehead atoms. The van der Waals surface area contributed by atoms with Crippen molar-refractivity contribution in [2.24, 2.45) is 0 Å². The molecule has 13 heteroatoms. The number of nitrogens with one attached hydrogen (secondary N) is 1. The maximum Gasteiger partial charge on any atom is 0.419 e. The van der Waals surface area contributed by atoms with Crippen molar-refractivity contribution in [1.29, 1.82) is 0 Å². The predicted molar refractivity (Wildman–Crippen MR) is 126 cm³/mol. The van der Waals surface area contributed by atoms with Crippen LogP contribution in [0.25, 0.3) is 16.8 Å². The Kier molecular flexibility index (Phi) is 7.48. The van der Waals surface area contributed by atoms with Crippen LogP contribution in [-0.2, 0) is 0 Å². The molecule has 5 nitrogen and oxygen atoms in total. The zero-order chi connectivity index (χ0) is 28.0. The van der Waals surface area contributed by atoms with Crippen molar-refractivity contribution in [3.8, 4) is 16.8 Å². The highest BCUT2D eigenvalue weighted by Crippen LogP contribution is 2.43. The third-order valence-electron chi connectivity index (χ3n) is 6.27. The van der Waals surface area contributed by atoms with Crippen molar-refractivity contribution in [2.45, 2.75) is 63.6 Å². The van der Waals surface area contributed by atoms with E-state index in [1.807, 2.05) is 0 Å². The van der Waals surface area contributed by atoms with Gasteiger partial charge in [-0.15, -0.1) is 0 Å². The number of hydrogen-bond donors (Lipinski definition) is 1. The Morgan fingerprint density at radius 2 is 1.71 bits per heavy atom. The van der Waals surface area contributed by atoms with Gasteiger partial charge in [-0.25, -0.2) is 14.1 Å². The van der Waals surface area contributed by atoms with Crippen LogP contribution in [-0.4, -0.2) is 45.2 Å². The summed E-state index contributed by atoms with van der Waals surface area (Å²) >= 11 is 6.09. The Labute approximate surface area is 218 Å². The first-order valence-corrected chi connectivity index (χ1v) is 11.9. The second-order valence-electron chi connectivity index (χ2n) is 9.32. The lowest BCUT2D eigenvalue weighted by Crippen LogP contribution is -2.31. The molecule has 0 radical (unpaired) electrons. The number of rotatable bonds is 7. The smallest absolute Gasteiger partial charge is 0.349 e.